The molecule has 0 aliphatic rings. The normalized spacial score (nSPS) is 14.2. The molecule has 2 atom stereocenters. The molecule has 0 aliphatic heterocycles. The summed E-state index contributed by atoms with van der Waals surface area (Å²) < 4.78 is 10.6. The Morgan fingerprint density at radius 1 is 1.04 bits per heavy atom. The number of amides is 2. The zero-order valence-electron chi connectivity index (χ0n) is 17.0. The summed E-state index contributed by atoms with van der Waals surface area (Å²) >= 11 is 1.37. The topological polar surface area (TPSA) is 140 Å². The SMILES string of the molecule is CC(C)(C)OCC(NC(=O)[C@H](CSCCN)NC(=O)OC(C)(C)C)C(=O)O. The molecule has 0 spiro atoms. The van der Waals surface area contributed by atoms with Crippen LogP contribution in [0.15, 0.2) is 0 Å². The fourth-order valence-electron chi connectivity index (χ4n) is 1.70. The monoisotopic (exact) mass is 407 g/mol. The van der Waals surface area contributed by atoms with Crippen LogP contribution >= 0.6 is 11.8 Å². The van der Waals surface area contributed by atoms with Crippen LogP contribution in [0, 0.1) is 0 Å². The van der Waals surface area contributed by atoms with Crippen molar-refractivity contribution in [3.63, 3.8) is 0 Å². The van der Waals surface area contributed by atoms with E-state index in [1.807, 2.05) is 0 Å². The minimum atomic E-state index is -1.24. The molecule has 0 fully saturated rings. The van der Waals surface area contributed by atoms with E-state index in [-0.39, 0.29) is 12.4 Å². The number of rotatable bonds is 10. The number of carbonyl (C=O) groups is 3. The fourth-order valence-corrected chi connectivity index (χ4v) is 2.50. The summed E-state index contributed by atoms with van der Waals surface area (Å²) in [7, 11) is 0. The number of carbonyl (C=O) groups excluding carboxylic acids is 2. The summed E-state index contributed by atoms with van der Waals surface area (Å²) in [5.41, 5.74) is 4.17. The van der Waals surface area contributed by atoms with Crippen LogP contribution in [0.5, 0.6) is 0 Å². The Bertz CT molecular complexity index is 502. The Kier molecular flexibility index (Phi) is 10.7. The Hall–Kier alpha value is -1.52. The summed E-state index contributed by atoms with van der Waals surface area (Å²) in [4.78, 5) is 35.9. The van der Waals surface area contributed by atoms with Gasteiger partial charge >= 0.3 is 12.1 Å². The summed E-state index contributed by atoms with van der Waals surface area (Å²) in [5, 5.41) is 14.2. The first kappa shape index (κ1) is 25.5. The number of nitrogens with two attached hydrogens (primary N) is 1. The van der Waals surface area contributed by atoms with Gasteiger partial charge in [-0.05, 0) is 41.5 Å². The van der Waals surface area contributed by atoms with Crippen LogP contribution in [0.3, 0.4) is 0 Å². The minimum Gasteiger partial charge on any atom is -0.480 e. The van der Waals surface area contributed by atoms with Crippen LogP contribution in [0.25, 0.3) is 0 Å². The lowest BCUT2D eigenvalue weighted by atomic mass is 10.2. The number of nitrogens with one attached hydrogen (secondary N) is 2. The van der Waals surface area contributed by atoms with Crippen LogP contribution in [0.1, 0.15) is 41.5 Å². The second-order valence-corrected chi connectivity index (χ2v) is 9.04. The first-order valence-corrected chi connectivity index (χ1v) is 9.85. The second kappa shape index (κ2) is 11.4. The van der Waals surface area contributed by atoms with Crippen molar-refractivity contribution < 1.29 is 29.0 Å². The molecule has 0 heterocycles. The van der Waals surface area contributed by atoms with E-state index in [9.17, 15) is 19.5 Å². The molecule has 1 unspecified atom stereocenters. The van der Waals surface area contributed by atoms with Crippen LogP contribution < -0.4 is 16.4 Å². The number of aliphatic carboxylic acids is 1. The van der Waals surface area contributed by atoms with Gasteiger partial charge in [-0.15, -0.1) is 0 Å². The van der Waals surface area contributed by atoms with Gasteiger partial charge in [0, 0.05) is 18.1 Å². The first-order valence-electron chi connectivity index (χ1n) is 8.69. The van der Waals surface area contributed by atoms with Crippen LogP contribution in [0.4, 0.5) is 4.79 Å². The lowest BCUT2D eigenvalue weighted by Gasteiger charge is -2.26. The highest BCUT2D eigenvalue weighted by Gasteiger charge is 2.29. The molecular formula is C17H33N3O6S. The molecule has 10 heteroatoms. The van der Waals surface area contributed by atoms with Crippen molar-refractivity contribution in [2.24, 2.45) is 5.73 Å². The molecule has 5 N–H and O–H groups in total. The Morgan fingerprint density at radius 2 is 1.63 bits per heavy atom. The maximum Gasteiger partial charge on any atom is 0.408 e. The number of hydrogen-bond donors (Lipinski definition) is 4. The van der Waals surface area contributed by atoms with Crippen LogP contribution in [-0.2, 0) is 19.1 Å². The minimum absolute atomic E-state index is 0.195. The van der Waals surface area contributed by atoms with Gasteiger partial charge in [-0.1, -0.05) is 0 Å². The van der Waals surface area contributed by atoms with E-state index >= 15 is 0 Å². The third-order valence-electron chi connectivity index (χ3n) is 2.85. The zero-order valence-corrected chi connectivity index (χ0v) is 17.8. The van der Waals surface area contributed by atoms with Crippen molar-refractivity contribution in [2.45, 2.75) is 64.8 Å². The molecular weight excluding hydrogens is 374 g/mol. The van der Waals surface area contributed by atoms with Gasteiger partial charge < -0.3 is 30.9 Å². The van der Waals surface area contributed by atoms with Crippen molar-refractivity contribution >= 4 is 29.7 Å². The van der Waals surface area contributed by atoms with Gasteiger partial charge in [-0.3, -0.25) is 4.79 Å². The van der Waals surface area contributed by atoms with E-state index in [1.54, 1.807) is 41.5 Å². The Morgan fingerprint density at radius 3 is 2.07 bits per heavy atom. The average Bonchev–Trinajstić information content (AvgIpc) is 2.47. The maximum atomic E-state index is 12.5. The zero-order chi connectivity index (χ0) is 21.3. The first-order chi connectivity index (χ1) is 12.2. The van der Waals surface area contributed by atoms with E-state index in [0.29, 0.717) is 12.3 Å². The molecule has 0 aromatic heterocycles. The van der Waals surface area contributed by atoms with E-state index in [4.69, 9.17) is 15.2 Å². The summed E-state index contributed by atoms with van der Waals surface area (Å²) in [6, 6.07) is -2.20. The maximum absolute atomic E-state index is 12.5. The number of alkyl carbamates (subject to hydrolysis) is 1. The van der Waals surface area contributed by atoms with E-state index in [1.165, 1.54) is 11.8 Å². The molecule has 0 bridgehead atoms. The van der Waals surface area contributed by atoms with Gasteiger partial charge in [-0.25, -0.2) is 9.59 Å². The van der Waals surface area contributed by atoms with Crippen LogP contribution in [-0.4, -0.2) is 71.0 Å². The lowest BCUT2D eigenvalue weighted by molar-refractivity contribution is -0.145. The number of thioether (sulfide) groups is 1. The van der Waals surface area contributed by atoms with E-state index in [2.05, 4.69) is 10.6 Å². The molecule has 0 aromatic carbocycles. The number of hydrogen-bond acceptors (Lipinski definition) is 7. The molecule has 0 radical (unpaired) electrons. The van der Waals surface area contributed by atoms with Gasteiger partial charge in [0.15, 0.2) is 6.04 Å². The van der Waals surface area contributed by atoms with E-state index in [0.717, 1.165) is 0 Å². The summed E-state index contributed by atoms with van der Waals surface area (Å²) in [6.07, 6.45) is -0.756. The Balaban J connectivity index is 5.01. The predicted molar refractivity (Wildman–Crippen MR) is 105 cm³/mol. The van der Waals surface area contributed by atoms with Crippen molar-refractivity contribution in [1.82, 2.24) is 10.6 Å². The largest absolute Gasteiger partial charge is 0.480 e. The number of ether oxygens (including phenoxy) is 2. The van der Waals surface area contributed by atoms with Crippen molar-refractivity contribution in [3.05, 3.63) is 0 Å². The molecule has 9 nitrogen and oxygen atoms in total. The highest BCUT2D eigenvalue weighted by molar-refractivity contribution is 7.99. The van der Waals surface area contributed by atoms with Gasteiger partial charge in [-0.2, -0.15) is 11.8 Å². The molecule has 0 saturated heterocycles. The molecule has 0 aliphatic carbocycles. The molecule has 0 saturated carbocycles. The third kappa shape index (κ3) is 13.3. The van der Waals surface area contributed by atoms with Gasteiger partial charge in [0.05, 0.1) is 12.2 Å². The molecule has 0 aromatic rings. The third-order valence-corrected chi connectivity index (χ3v) is 3.95. The van der Waals surface area contributed by atoms with Gasteiger partial charge in [0.25, 0.3) is 0 Å². The standard InChI is InChI=1S/C17H33N3O6S/c1-16(2,3)25-9-11(14(22)23)19-13(21)12(10-27-8-7-18)20-15(24)26-17(4,5)6/h11-12H,7-10,18H2,1-6H3,(H,19,21)(H,20,24)(H,22,23)/t11?,12-/m0/s1. The van der Waals surface area contributed by atoms with E-state index < -0.39 is 41.3 Å². The second-order valence-electron chi connectivity index (χ2n) is 7.89. The van der Waals surface area contributed by atoms with Gasteiger partial charge in [0.2, 0.25) is 5.91 Å². The lowest BCUT2D eigenvalue weighted by Crippen LogP contribution is -2.54. The summed E-state index contributed by atoms with van der Waals surface area (Å²) in [5.74, 6) is -1.03. The predicted octanol–water partition coefficient (Wildman–Crippen LogP) is 0.956. The number of carboxylic acids is 1. The van der Waals surface area contributed by atoms with Crippen molar-refractivity contribution in [2.75, 3.05) is 24.7 Å². The highest BCUT2D eigenvalue weighted by Crippen LogP contribution is 2.10. The molecule has 2 amide bonds. The molecule has 27 heavy (non-hydrogen) atoms. The van der Waals surface area contributed by atoms with Crippen LogP contribution in [0.2, 0.25) is 0 Å². The molecule has 0 rings (SSSR count). The average molecular weight is 408 g/mol. The van der Waals surface area contributed by atoms with Crippen molar-refractivity contribution in [3.8, 4) is 0 Å². The highest BCUT2D eigenvalue weighted by atomic mass is 32.2. The fraction of sp³-hybridized carbons (Fsp3) is 0.824. The quantitative estimate of drug-likeness (QED) is 0.393. The Labute approximate surface area is 165 Å². The summed E-state index contributed by atoms with van der Waals surface area (Å²) in [6.45, 7) is 10.7. The van der Waals surface area contributed by atoms with Crippen molar-refractivity contribution in [1.29, 1.82) is 0 Å². The smallest absolute Gasteiger partial charge is 0.408 e. The molecule has 158 valence electrons. The van der Waals surface area contributed by atoms with Gasteiger partial charge in [0.1, 0.15) is 11.6 Å². The number of carboxylic acid groups (broad SMARTS) is 1.